The van der Waals surface area contributed by atoms with E-state index in [1.807, 2.05) is 43.3 Å². The van der Waals surface area contributed by atoms with E-state index in [4.69, 9.17) is 11.0 Å². The van der Waals surface area contributed by atoms with Crippen LogP contribution in [0.5, 0.6) is 0 Å². The SMILES string of the molecule is Cc1nn(-c2ccccc2)c2ncc3cc(C#N)c(N)nc3c12. The summed E-state index contributed by atoms with van der Waals surface area (Å²) in [5, 5.41) is 15.3. The van der Waals surface area contributed by atoms with Gasteiger partial charge in [0.15, 0.2) is 5.65 Å². The van der Waals surface area contributed by atoms with E-state index in [1.165, 1.54) is 0 Å². The molecule has 110 valence electrons. The highest BCUT2D eigenvalue weighted by atomic mass is 15.3. The fourth-order valence-corrected chi connectivity index (χ4v) is 2.72. The largest absolute Gasteiger partial charge is 0.383 e. The van der Waals surface area contributed by atoms with Crippen molar-refractivity contribution in [1.82, 2.24) is 19.7 Å². The van der Waals surface area contributed by atoms with E-state index < -0.39 is 0 Å². The lowest BCUT2D eigenvalue weighted by Gasteiger charge is -2.04. The molecule has 1 aromatic carbocycles. The minimum Gasteiger partial charge on any atom is -0.383 e. The second kappa shape index (κ2) is 4.78. The number of rotatable bonds is 1. The third-order valence-corrected chi connectivity index (χ3v) is 3.80. The molecular weight excluding hydrogens is 288 g/mol. The number of nitrogens with zero attached hydrogens (tertiary/aromatic N) is 5. The zero-order chi connectivity index (χ0) is 16.0. The number of nitriles is 1. The summed E-state index contributed by atoms with van der Waals surface area (Å²) in [6.45, 7) is 1.92. The molecule has 0 bridgehead atoms. The van der Waals surface area contributed by atoms with Crippen molar-refractivity contribution in [2.24, 2.45) is 0 Å². The van der Waals surface area contributed by atoms with E-state index in [9.17, 15) is 0 Å². The van der Waals surface area contributed by atoms with Crippen LogP contribution in [0.2, 0.25) is 0 Å². The maximum atomic E-state index is 9.09. The van der Waals surface area contributed by atoms with Crippen LogP contribution in [0.3, 0.4) is 0 Å². The van der Waals surface area contributed by atoms with Gasteiger partial charge >= 0.3 is 0 Å². The van der Waals surface area contributed by atoms with E-state index >= 15 is 0 Å². The first kappa shape index (κ1) is 13.2. The molecule has 3 heterocycles. The molecule has 0 aliphatic heterocycles. The lowest BCUT2D eigenvalue weighted by atomic mass is 10.1. The standard InChI is InChI=1S/C17H12N6/c1-10-14-15-12(7-11(8-18)16(19)21-15)9-20-17(14)23(22-10)13-5-3-2-4-6-13/h2-7,9H,1H3,(H2,19,21). The summed E-state index contributed by atoms with van der Waals surface area (Å²) in [5.74, 6) is 0.222. The minimum atomic E-state index is 0.222. The second-order valence-electron chi connectivity index (χ2n) is 5.26. The number of fused-ring (bicyclic) bond motifs is 3. The van der Waals surface area contributed by atoms with Crippen LogP contribution in [0.4, 0.5) is 5.82 Å². The van der Waals surface area contributed by atoms with Gasteiger partial charge in [-0.15, -0.1) is 0 Å². The van der Waals surface area contributed by atoms with E-state index in [2.05, 4.69) is 15.1 Å². The number of nitrogens with two attached hydrogens (primary N) is 1. The maximum Gasteiger partial charge on any atom is 0.165 e. The Hall–Kier alpha value is -3.46. The van der Waals surface area contributed by atoms with Crippen LogP contribution in [-0.4, -0.2) is 19.7 Å². The number of hydrogen-bond acceptors (Lipinski definition) is 5. The Balaban J connectivity index is 2.11. The van der Waals surface area contributed by atoms with Crippen LogP contribution in [0.1, 0.15) is 11.3 Å². The first-order chi connectivity index (χ1) is 11.2. The van der Waals surface area contributed by atoms with E-state index in [0.29, 0.717) is 11.1 Å². The van der Waals surface area contributed by atoms with Crippen molar-refractivity contribution in [1.29, 1.82) is 5.26 Å². The molecule has 2 N–H and O–H groups in total. The maximum absolute atomic E-state index is 9.09. The zero-order valence-electron chi connectivity index (χ0n) is 12.4. The summed E-state index contributed by atoms with van der Waals surface area (Å²) in [4.78, 5) is 8.93. The van der Waals surface area contributed by atoms with Gasteiger partial charge < -0.3 is 5.73 Å². The number of nitrogen functional groups attached to an aromatic ring is 1. The Morgan fingerprint density at radius 2 is 2.00 bits per heavy atom. The summed E-state index contributed by atoms with van der Waals surface area (Å²) in [6, 6.07) is 13.6. The van der Waals surface area contributed by atoms with Crippen molar-refractivity contribution in [3.63, 3.8) is 0 Å². The summed E-state index contributed by atoms with van der Waals surface area (Å²) in [5.41, 5.74) is 9.41. The Labute approximate surface area is 131 Å². The van der Waals surface area contributed by atoms with E-state index in [0.717, 1.165) is 27.8 Å². The number of aryl methyl sites for hydroxylation is 1. The molecule has 3 aromatic heterocycles. The number of benzene rings is 1. The molecule has 23 heavy (non-hydrogen) atoms. The van der Waals surface area contributed by atoms with Crippen LogP contribution < -0.4 is 5.73 Å². The lowest BCUT2D eigenvalue weighted by Crippen LogP contribution is -1.98. The Kier molecular flexibility index (Phi) is 2.75. The summed E-state index contributed by atoms with van der Waals surface area (Å²) >= 11 is 0. The molecule has 4 aromatic rings. The predicted molar refractivity (Wildman–Crippen MR) is 88.0 cm³/mol. The molecule has 0 atom stereocenters. The molecule has 0 aliphatic rings. The number of hydrogen-bond donors (Lipinski definition) is 1. The highest BCUT2D eigenvalue weighted by Gasteiger charge is 2.15. The van der Waals surface area contributed by atoms with Gasteiger partial charge in [0, 0.05) is 11.6 Å². The monoisotopic (exact) mass is 300 g/mol. The second-order valence-corrected chi connectivity index (χ2v) is 5.26. The molecule has 0 radical (unpaired) electrons. The van der Waals surface area contributed by atoms with Gasteiger partial charge in [-0.2, -0.15) is 10.4 Å². The van der Waals surface area contributed by atoms with Crippen molar-refractivity contribution in [3.8, 4) is 11.8 Å². The molecular formula is C17H12N6. The van der Waals surface area contributed by atoms with Gasteiger partial charge in [-0.25, -0.2) is 14.6 Å². The van der Waals surface area contributed by atoms with E-state index in [1.54, 1.807) is 16.9 Å². The highest BCUT2D eigenvalue weighted by molar-refractivity contribution is 6.04. The van der Waals surface area contributed by atoms with Crippen LogP contribution >= 0.6 is 0 Å². The van der Waals surface area contributed by atoms with Gasteiger partial charge in [0.25, 0.3) is 0 Å². The molecule has 6 nitrogen and oxygen atoms in total. The fourth-order valence-electron chi connectivity index (χ4n) is 2.72. The summed E-state index contributed by atoms with van der Waals surface area (Å²) in [6.07, 6.45) is 1.70. The van der Waals surface area contributed by atoms with Crippen molar-refractivity contribution < 1.29 is 0 Å². The third-order valence-electron chi connectivity index (χ3n) is 3.80. The predicted octanol–water partition coefficient (Wildman–Crippen LogP) is 2.73. The van der Waals surface area contributed by atoms with Gasteiger partial charge in [0.05, 0.1) is 27.8 Å². The Bertz CT molecular complexity index is 1090. The van der Waals surface area contributed by atoms with Gasteiger partial charge in [-0.05, 0) is 25.1 Å². The molecule has 0 spiro atoms. The lowest BCUT2D eigenvalue weighted by molar-refractivity contribution is 0.878. The van der Waals surface area contributed by atoms with Crippen LogP contribution in [0.25, 0.3) is 27.6 Å². The highest BCUT2D eigenvalue weighted by Crippen LogP contribution is 2.28. The van der Waals surface area contributed by atoms with Gasteiger partial charge in [-0.3, -0.25) is 0 Å². The third kappa shape index (κ3) is 1.91. The normalized spacial score (nSPS) is 11.0. The van der Waals surface area contributed by atoms with Crippen molar-refractivity contribution >= 4 is 27.8 Å². The smallest absolute Gasteiger partial charge is 0.165 e. The van der Waals surface area contributed by atoms with Crippen molar-refractivity contribution in [3.05, 3.63) is 53.9 Å². The Morgan fingerprint density at radius 3 is 2.74 bits per heavy atom. The average Bonchev–Trinajstić information content (AvgIpc) is 2.92. The summed E-state index contributed by atoms with van der Waals surface area (Å²) < 4.78 is 1.79. The summed E-state index contributed by atoms with van der Waals surface area (Å²) in [7, 11) is 0. The number of para-hydroxylation sites is 1. The molecule has 0 saturated heterocycles. The molecule has 6 heteroatoms. The van der Waals surface area contributed by atoms with E-state index in [-0.39, 0.29) is 5.82 Å². The molecule has 0 fully saturated rings. The number of pyridine rings is 2. The van der Waals surface area contributed by atoms with Gasteiger partial charge in [0.1, 0.15) is 11.9 Å². The number of anilines is 1. The van der Waals surface area contributed by atoms with Gasteiger partial charge in [-0.1, -0.05) is 18.2 Å². The van der Waals surface area contributed by atoms with Crippen molar-refractivity contribution in [2.75, 3.05) is 5.73 Å². The Morgan fingerprint density at radius 1 is 1.22 bits per heavy atom. The quantitative estimate of drug-likeness (QED) is 0.583. The number of aromatic nitrogens is 4. The van der Waals surface area contributed by atoms with Crippen molar-refractivity contribution in [2.45, 2.75) is 6.92 Å². The molecule has 4 rings (SSSR count). The first-order valence-electron chi connectivity index (χ1n) is 7.09. The molecule has 0 unspecified atom stereocenters. The fraction of sp³-hybridized carbons (Fsp3) is 0.0588. The average molecular weight is 300 g/mol. The molecule has 0 aliphatic carbocycles. The topological polar surface area (TPSA) is 93.4 Å². The zero-order valence-corrected chi connectivity index (χ0v) is 12.4. The van der Waals surface area contributed by atoms with Gasteiger partial charge in [0.2, 0.25) is 0 Å². The molecule has 0 saturated carbocycles. The molecule has 0 amide bonds. The van der Waals surface area contributed by atoms with Crippen LogP contribution in [0, 0.1) is 18.3 Å². The minimum absolute atomic E-state index is 0.222. The first-order valence-corrected chi connectivity index (χ1v) is 7.09. The van der Waals surface area contributed by atoms with Crippen LogP contribution in [-0.2, 0) is 0 Å². The van der Waals surface area contributed by atoms with Crippen LogP contribution in [0.15, 0.2) is 42.6 Å².